The number of ether oxygens (including phenoxy) is 1. The highest BCUT2D eigenvalue weighted by Gasteiger charge is 2.28. The molecule has 1 amide bonds. The molecule has 102 valence electrons. The number of rotatable bonds is 6. The van der Waals surface area contributed by atoms with Crippen molar-refractivity contribution in [2.45, 2.75) is 31.7 Å². The van der Waals surface area contributed by atoms with Crippen molar-refractivity contribution in [2.24, 2.45) is 0 Å². The molecule has 0 aliphatic carbocycles. The zero-order valence-corrected chi connectivity index (χ0v) is 11.0. The molecule has 1 rings (SSSR count). The maximum Gasteiger partial charge on any atom is 0.307 e. The maximum absolute atomic E-state index is 12.0. The zero-order chi connectivity index (χ0) is 13.4. The number of nitrogens with zero attached hydrogens (tertiary/aromatic N) is 1. The first-order valence-corrected chi connectivity index (χ1v) is 6.37. The molecular weight excluding hydrogens is 232 g/mol. The third-order valence-corrected chi connectivity index (χ3v) is 3.14. The van der Waals surface area contributed by atoms with Gasteiger partial charge in [-0.25, -0.2) is 0 Å². The monoisotopic (exact) mass is 254 g/mol. The lowest BCUT2D eigenvalue weighted by Gasteiger charge is -2.35. The van der Waals surface area contributed by atoms with Gasteiger partial charge in [-0.15, -0.1) is 6.58 Å². The van der Waals surface area contributed by atoms with Crippen molar-refractivity contribution in [1.82, 2.24) is 10.2 Å². The van der Waals surface area contributed by atoms with Crippen LogP contribution in [0.2, 0.25) is 0 Å². The predicted molar refractivity (Wildman–Crippen MR) is 69.1 cm³/mol. The Kier molecular flexibility index (Phi) is 6.43. The molecule has 5 heteroatoms. The van der Waals surface area contributed by atoms with Crippen molar-refractivity contribution >= 4 is 11.9 Å². The third-order valence-electron chi connectivity index (χ3n) is 3.14. The van der Waals surface area contributed by atoms with Crippen LogP contribution in [0.25, 0.3) is 0 Å². The standard InChI is InChI=1S/C13H22N2O3/c1-3-7-14-10-12(16)15-8-5-4-6-11(15)9-13(17)18-2/h3,11,14H,1,4-10H2,2H3. The van der Waals surface area contributed by atoms with Gasteiger partial charge in [0.1, 0.15) is 0 Å². The van der Waals surface area contributed by atoms with Crippen molar-refractivity contribution in [3.63, 3.8) is 0 Å². The summed E-state index contributed by atoms with van der Waals surface area (Å²) in [4.78, 5) is 25.2. The summed E-state index contributed by atoms with van der Waals surface area (Å²) < 4.78 is 4.67. The Morgan fingerprint density at radius 1 is 1.50 bits per heavy atom. The molecule has 0 spiro atoms. The fourth-order valence-electron chi connectivity index (χ4n) is 2.20. The fourth-order valence-corrected chi connectivity index (χ4v) is 2.20. The number of hydrogen-bond donors (Lipinski definition) is 1. The molecule has 1 N–H and O–H groups in total. The number of amides is 1. The van der Waals surface area contributed by atoms with E-state index in [0.29, 0.717) is 19.5 Å². The molecule has 18 heavy (non-hydrogen) atoms. The van der Waals surface area contributed by atoms with E-state index in [1.807, 2.05) is 0 Å². The van der Waals surface area contributed by atoms with Crippen LogP contribution in [0.4, 0.5) is 0 Å². The molecule has 0 bridgehead atoms. The highest BCUT2D eigenvalue weighted by molar-refractivity contribution is 5.79. The van der Waals surface area contributed by atoms with Gasteiger partial charge in [0.25, 0.3) is 0 Å². The SMILES string of the molecule is C=CCNCC(=O)N1CCCCC1CC(=O)OC. The smallest absolute Gasteiger partial charge is 0.307 e. The molecule has 5 nitrogen and oxygen atoms in total. The number of methoxy groups -OCH3 is 1. The van der Waals surface area contributed by atoms with E-state index >= 15 is 0 Å². The zero-order valence-electron chi connectivity index (χ0n) is 11.0. The topological polar surface area (TPSA) is 58.6 Å². The van der Waals surface area contributed by atoms with E-state index in [9.17, 15) is 9.59 Å². The summed E-state index contributed by atoms with van der Waals surface area (Å²) in [5.74, 6) is -0.204. The lowest BCUT2D eigenvalue weighted by molar-refractivity contribution is -0.144. The van der Waals surface area contributed by atoms with Crippen LogP contribution in [0.5, 0.6) is 0 Å². The molecule has 1 atom stereocenters. The van der Waals surface area contributed by atoms with Crippen LogP contribution in [0.1, 0.15) is 25.7 Å². The van der Waals surface area contributed by atoms with Crippen LogP contribution in [-0.4, -0.2) is 49.6 Å². The number of hydrogen-bond acceptors (Lipinski definition) is 4. The normalized spacial score (nSPS) is 19.4. The second-order valence-electron chi connectivity index (χ2n) is 4.44. The molecule has 1 aliphatic rings. The summed E-state index contributed by atoms with van der Waals surface area (Å²) in [6.45, 7) is 5.23. The van der Waals surface area contributed by atoms with E-state index in [4.69, 9.17) is 0 Å². The van der Waals surface area contributed by atoms with E-state index in [1.165, 1.54) is 7.11 Å². The fraction of sp³-hybridized carbons (Fsp3) is 0.692. The van der Waals surface area contributed by atoms with Gasteiger partial charge in [0, 0.05) is 19.1 Å². The number of carbonyl (C=O) groups is 2. The second kappa shape index (κ2) is 7.87. The maximum atomic E-state index is 12.0. The Bertz CT molecular complexity index is 305. The van der Waals surface area contributed by atoms with Crippen LogP contribution in [0.3, 0.4) is 0 Å². The Morgan fingerprint density at radius 3 is 2.94 bits per heavy atom. The number of esters is 1. The first kappa shape index (κ1) is 14.7. The highest BCUT2D eigenvalue weighted by Crippen LogP contribution is 2.20. The van der Waals surface area contributed by atoms with Gasteiger partial charge in [-0.2, -0.15) is 0 Å². The van der Waals surface area contributed by atoms with Crippen LogP contribution < -0.4 is 5.32 Å². The summed E-state index contributed by atoms with van der Waals surface area (Å²) in [7, 11) is 1.38. The van der Waals surface area contributed by atoms with Gasteiger partial charge >= 0.3 is 5.97 Å². The lowest BCUT2D eigenvalue weighted by atomic mass is 9.99. The molecule has 0 radical (unpaired) electrons. The van der Waals surface area contributed by atoms with Gasteiger partial charge in [0.05, 0.1) is 20.1 Å². The average molecular weight is 254 g/mol. The Hall–Kier alpha value is -1.36. The molecule has 1 unspecified atom stereocenters. The summed E-state index contributed by atoms with van der Waals surface area (Å²) in [5, 5.41) is 2.99. The largest absolute Gasteiger partial charge is 0.469 e. The summed E-state index contributed by atoms with van der Waals surface area (Å²) in [6, 6.07) is -0.00997. The minimum atomic E-state index is -0.251. The van der Waals surface area contributed by atoms with Gasteiger partial charge in [0.15, 0.2) is 0 Å². The molecule has 0 aromatic heterocycles. The molecule has 1 saturated heterocycles. The van der Waals surface area contributed by atoms with Crippen LogP contribution in [0, 0.1) is 0 Å². The molecule has 0 aromatic carbocycles. The van der Waals surface area contributed by atoms with Gasteiger partial charge in [-0.1, -0.05) is 6.08 Å². The predicted octanol–water partition coefficient (Wildman–Crippen LogP) is 0.706. The van der Waals surface area contributed by atoms with E-state index < -0.39 is 0 Å². The van der Waals surface area contributed by atoms with E-state index in [-0.39, 0.29) is 17.9 Å². The minimum absolute atomic E-state index is 0.00997. The number of carbonyl (C=O) groups excluding carboxylic acids is 2. The van der Waals surface area contributed by atoms with E-state index in [2.05, 4.69) is 16.6 Å². The van der Waals surface area contributed by atoms with E-state index in [1.54, 1.807) is 11.0 Å². The number of piperidine rings is 1. The molecule has 0 saturated carbocycles. The first-order chi connectivity index (χ1) is 8.69. The average Bonchev–Trinajstić information content (AvgIpc) is 2.39. The van der Waals surface area contributed by atoms with Crippen LogP contribution >= 0.6 is 0 Å². The summed E-state index contributed by atoms with van der Waals surface area (Å²) in [5.41, 5.74) is 0. The quantitative estimate of drug-likeness (QED) is 0.431. The van der Waals surface area contributed by atoms with Crippen molar-refractivity contribution in [3.05, 3.63) is 12.7 Å². The van der Waals surface area contributed by atoms with Crippen molar-refractivity contribution in [1.29, 1.82) is 0 Å². The minimum Gasteiger partial charge on any atom is -0.469 e. The Labute approximate surface area is 108 Å². The first-order valence-electron chi connectivity index (χ1n) is 6.37. The van der Waals surface area contributed by atoms with Crippen molar-refractivity contribution in [3.8, 4) is 0 Å². The van der Waals surface area contributed by atoms with Crippen LogP contribution in [0.15, 0.2) is 12.7 Å². The molecule has 0 aromatic rings. The summed E-state index contributed by atoms with van der Waals surface area (Å²) in [6.07, 6.45) is 4.96. The van der Waals surface area contributed by atoms with Gasteiger partial charge < -0.3 is 15.0 Å². The number of nitrogens with one attached hydrogen (secondary N) is 1. The van der Waals surface area contributed by atoms with Crippen LogP contribution in [-0.2, 0) is 14.3 Å². The Morgan fingerprint density at radius 2 is 2.28 bits per heavy atom. The second-order valence-corrected chi connectivity index (χ2v) is 4.44. The summed E-state index contributed by atoms with van der Waals surface area (Å²) >= 11 is 0. The highest BCUT2D eigenvalue weighted by atomic mass is 16.5. The van der Waals surface area contributed by atoms with Crippen molar-refractivity contribution in [2.75, 3.05) is 26.7 Å². The molecule has 1 heterocycles. The van der Waals surface area contributed by atoms with Crippen molar-refractivity contribution < 1.29 is 14.3 Å². The Balaban J connectivity index is 2.49. The third kappa shape index (κ3) is 4.49. The molecule has 1 fully saturated rings. The van der Waals surface area contributed by atoms with E-state index in [0.717, 1.165) is 25.8 Å². The van der Waals surface area contributed by atoms with Gasteiger partial charge in [-0.05, 0) is 19.3 Å². The van der Waals surface area contributed by atoms with Gasteiger partial charge in [-0.3, -0.25) is 9.59 Å². The number of likely N-dealkylation sites (tertiary alicyclic amines) is 1. The molecule has 1 aliphatic heterocycles. The lowest BCUT2D eigenvalue weighted by Crippen LogP contribution is -2.48. The molecular formula is C13H22N2O3. The van der Waals surface area contributed by atoms with Gasteiger partial charge in [0.2, 0.25) is 5.91 Å².